The Balaban J connectivity index is 1.78. The zero-order valence-electron chi connectivity index (χ0n) is 23.3. The predicted octanol–water partition coefficient (Wildman–Crippen LogP) is 6.77. The van der Waals surface area contributed by atoms with Crippen molar-refractivity contribution in [2.24, 2.45) is 0 Å². The number of pyridine rings is 2. The maximum Gasteiger partial charge on any atom is 0.573 e. The lowest BCUT2D eigenvalue weighted by Gasteiger charge is -2.11. The second-order valence-electron chi connectivity index (χ2n) is 9.47. The lowest BCUT2D eigenvalue weighted by Crippen LogP contribution is -2.17. The minimum absolute atomic E-state index is 0.0508. The van der Waals surface area contributed by atoms with Crippen molar-refractivity contribution in [1.29, 1.82) is 31.6 Å². The monoisotopic (exact) mass is 650 g/mol. The molecule has 0 aliphatic heterocycles. The van der Waals surface area contributed by atoms with Gasteiger partial charge in [0.15, 0.2) is 0 Å². The molecule has 1 aromatic carbocycles. The smallest absolute Gasteiger partial charge is 0.404 e. The molecule has 2 heterocycles. The molecule has 0 fully saturated rings. The number of benzene rings is 1. The molecule has 0 spiro atoms. The molecule has 0 radical (unpaired) electrons. The first-order valence-electron chi connectivity index (χ1n) is 12.8. The van der Waals surface area contributed by atoms with Crippen LogP contribution in [0.3, 0.4) is 0 Å². The SMILES string of the molecule is N#CC(C#N)=C1C(c2ccc(OC(F)(F)F)cn2)=C(C#N)c2cc3c(cc21)C(C#N)=C(c1ccc(OC(F)(F)F)cn1)C3=C(C#N)C#N. The summed E-state index contributed by atoms with van der Waals surface area (Å²) in [6.45, 7) is 0. The van der Waals surface area contributed by atoms with Gasteiger partial charge in [-0.2, -0.15) is 31.6 Å². The Kier molecular flexibility index (Phi) is 7.89. The van der Waals surface area contributed by atoms with Gasteiger partial charge in [-0.15, -0.1) is 26.3 Å². The van der Waals surface area contributed by atoms with E-state index < -0.39 is 35.4 Å². The normalized spacial score (nSPS) is 13.2. The van der Waals surface area contributed by atoms with Crippen LogP contribution in [-0.2, 0) is 0 Å². The number of nitriles is 6. The lowest BCUT2D eigenvalue weighted by molar-refractivity contribution is -0.275. The Bertz CT molecular complexity index is 2110. The van der Waals surface area contributed by atoms with Gasteiger partial charge in [0.05, 0.1) is 34.9 Å². The molecule has 0 N–H and O–H groups in total. The number of hydrogen-bond donors (Lipinski definition) is 0. The minimum atomic E-state index is -5.03. The third-order valence-corrected chi connectivity index (χ3v) is 6.86. The van der Waals surface area contributed by atoms with Gasteiger partial charge in [0.1, 0.15) is 59.1 Å². The molecule has 16 heteroatoms. The summed E-state index contributed by atoms with van der Waals surface area (Å²) >= 11 is 0. The summed E-state index contributed by atoms with van der Waals surface area (Å²) < 4.78 is 84.0. The van der Waals surface area contributed by atoms with E-state index in [1.807, 2.05) is 12.1 Å². The molecule has 0 saturated heterocycles. The number of allylic oxidation sites excluding steroid dienone is 8. The standard InChI is InChI=1S/C32H8F6N8O2/c33-31(34,35)47-17-1-3-25(45-13-17)29-23(11-43)19-5-22-20(6-21(19)27(29)15(7-39)8-40)24(12-44)30(28(22)16(9-41)10-42)26-4-2-18(14-46-26)48-32(36,37)38/h1-6,13-14H. The van der Waals surface area contributed by atoms with E-state index in [0.717, 1.165) is 36.7 Å². The van der Waals surface area contributed by atoms with Crippen LogP contribution in [0, 0.1) is 68.0 Å². The molecule has 2 aliphatic carbocycles. The zero-order chi connectivity index (χ0) is 35.0. The first-order valence-corrected chi connectivity index (χ1v) is 12.8. The van der Waals surface area contributed by atoms with Crippen LogP contribution in [0.1, 0.15) is 33.6 Å². The van der Waals surface area contributed by atoms with Crippen LogP contribution in [0.5, 0.6) is 11.5 Å². The Morgan fingerprint density at radius 2 is 0.896 bits per heavy atom. The molecule has 2 aliphatic rings. The molecule has 0 unspecified atom stereocenters. The quantitative estimate of drug-likeness (QED) is 0.215. The summed E-state index contributed by atoms with van der Waals surface area (Å²) in [6, 6.07) is 17.3. The molecule has 0 saturated carbocycles. The van der Waals surface area contributed by atoms with Crippen LogP contribution in [0.15, 0.2) is 59.9 Å². The maximum atomic E-state index is 12.7. The van der Waals surface area contributed by atoms with Crippen molar-refractivity contribution < 1.29 is 35.8 Å². The Morgan fingerprint density at radius 1 is 0.542 bits per heavy atom. The van der Waals surface area contributed by atoms with Crippen LogP contribution in [-0.4, -0.2) is 22.7 Å². The van der Waals surface area contributed by atoms with Gasteiger partial charge in [-0.1, -0.05) is 0 Å². The highest BCUT2D eigenvalue weighted by atomic mass is 19.4. The molecule has 0 bridgehead atoms. The number of nitrogens with zero attached hydrogens (tertiary/aromatic N) is 8. The molecule has 0 atom stereocenters. The van der Waals surface area contributed by atoms with Crippen LogP contribution in [0.4, 0.5) is 26.3 Å². The second-order valence-corrected chi connectivity index (χ2v) is 9.47. The van der Waals surface area contributed by atoms with Gasteiger partial charge in [0.2, 0.25) is 0 Å². The fourth-order valence-electron chi connectivity index (χ4n) is 5.20. The molecule has 10 nitrogen and oxygen atoms in total. The summed E-state index contributed by atoms with van der Waals surface area (Å²) in [6.07, 6.45) is -8.61. The van der Waals surface area contributed by atoms with Crippen molar-refractivity contribution in [3.63, 3.8) is 0 Å². The highest BCUT2D eigenvalue weighted by Gasteiger charge is 2.38. The number of hydrogen-bond acceptors (Lipinski definition) is 10. The topological polar surface area (TPSA) is 187 Å². The fraction of sp³-hybridized carbons (Fsp3) is 0.0625. The van der Waals surface area contributed by atoms with E-state index in [-0.39, 0.29) is 67.1 Å². The van der Waals surface area contributed by atoms with E-state index in [1.165, 1.54) is 12.1 Å². The van der Waals surface area contributed by atoms with Gasteiger partial charge >= 0.3 is 12.7 Å². The van der Waals surface area contributed by atoms with E-state index in [1.54, 1.807) is 24.3 Å². The summed E-state index contributed by atoms with van der Waals surface area (Å²) in [5.41, 5.74) is -1.98. The van der Waals surface area contributed by atoms with Crippen molar-refractivity contribution in [2.75, 3.05) is 0 Å². The van der Waals surface area contributed by atoms with Gasteiger partial charge in [-0.25, -0.2) is 0 Å². The van der Waals surface area contributed by atoms with Crippen molar-refractivity contribution >= 4 is 33.4 Å². The number of fused-ring (bicyclic) bond motifs is 2. The van der Waals surface area contributed by atoms with Crippen LogP contribution in [0.2, 0.25) is 0 Å². The van der Waals surface area contributed by atoms with E-state index in [9.17, 15) is 57.9 Å². The Hall–Kier alpha value is -7.40. The van der Waals surface area contributed by atoms with Gasteiger partial charge < -0.3 is 9.47 Å². The molecule has 48 heavy (non-hydrogen) atoms. The first-order chi connectivity index (χ1) is 22.8. The highest BCUT2D eigenvalue weighted by molar-refractivity contribution is 6.29. The highest BCUT2D eigenvalue weighted by Crippen LogP contribution is 2.54. The molecule has 3 aromatic rings. The van der Waals surface area contributed by atoms with Crippen molar-refractivity contribution in [2.45, 2.75) is 12.7 Å². The molecule has 230 valence electrons. The average Bonchev–Trinajstić information content (AvgIpc) is 3.52. The molecule has 2 aromatic heterocycles. The molecule has 5 rings (SSSR count). The van der Waals surface area contributed by atoms with E-state index in [4.69, 9.17) is 0 Å². The number of alkyl halides is 6. The summed E-state index contributed by atoms with van der Waals surface area (Å²) in [5, 5.41) is 59.9. The summed E-state index contributed by atoms with van der Waals surface area (Å²) in [7, 11) is 0. The predicted molar refractivity (Wildman–Crippen MR) is 149 cm³/mol. The summed E-state index contributed by atoms with van der Waals surface area (Å²) in [4.78, 5) is 7.91. The Labute approximate surface area is 265 Å². The van der Waals surface area contributed by atoms with Crippen LogP contribution >= 0.6 is 0 Å². The van der Waals surface area contributed by atoms with Gasteiger partial charge in [0, 0.05) is 33.4 Å². The Morgan fingerprint density at radius 3 is 1.15 bits per heavy atom. The van der Waals surface area contributed by atoms with Gasteiger partial charge in [-0.05, 0) is 47.5 Å². The van der Waals surface area contributed by atoms with Gasteiger partial charge in [-0.3, -0.25) is 9.97 Å². The number of ether oxygens (including phenoxy) is 2. The third-order valence-electron chi connectivity index (χ3n) is 6.86. The van der Waals surface area contributed by atoms with Crippen LogP contribution < -0.4 is 9.47 Å². The fourth-order valence-corrected chi connectivity index (χ4v) is 5.20. The van der Waals surface area contributed by atoms with E-state index in [0.29, 0.717) is 0 Å². The minimum Gasteiger partial charge on any atom is -0.404 e. The first kappa shape index (κ1) is 32.0. The largest absolute Gasteiger partial charge is 0.573 e. The van der Waals surface area contributed by atoms with Crippen molar-refractivity contribution in [3.05, 3.63) is 93.6 Å². The molecular weight excluding hydrogens is 642 g/mol. The summed E-state index contributed by atoms with van der Waals surface area (Å²) in [5.74, 6) is -1.38. The maximum absolute atomic E-state index is 12.7. The number of aromatic nitrogens is 2. The van der Waals surface area contributed by atoms with E-state index >= 15 is 0 Å². The van der Waals surface area contributed by atoms with Crippen molar-refractivity contribution in [1.82, 2.24) is 9.97 Å². The molecular formula is C32H8F6N8O2. The second kappa shape index (κ2) is 11.8. The average molecular weight is 650 g/mol. The lowest BCUT2D eigenvalue weighted by atomic mass is 9.91. The third kappa shape index (κ3) is 5.61. The van der Waals surface area contributed by atoms with Gasteiger partial charge in [0.25, 0.3) is 0 Å². The number of halogens is 6. The van der Waals surface area contributed by atoms with E-state index in [2.05, 4.69) is 19.4 Å². The van der Waals surface area contributed by atoms with Crippen LogP contribution in [0.25, 0.3) is 33.4 Å². The molecule has 0 amide bonds. The number of rotatable bonds is 4. The van der Waals surface area contributed by atoms with Crippen molar-refractivity contribution in [3.8, 4) is 47.9 Å². The zero-order valence-corrected chi connectivity index (χ0v) is 23.3.